The summed E-state index contributed by atoms with van der Waals surface area (Å²) in [6, 6.07) is 9.44. The third-order valence-corrected chi connectivity index (χ3v) is 4.44. The Hall–Kier alpha value is -3.02. The van der Waals surface area contributed by atoms with Gasteiger partial charge in [0.05, 0.1) is 6.54 Å². The Morgan fingerprint density at radius 1 is 1.27 bits per heavy atom. The normalized spacial score (nSPS) is 18.5. The number of carbonyl (C=O) groups is 1. The maximum absolute atomic E-state index is 12.4. The Morgan fingerprint density at radius 2 is 2.15 bits per heavy atom. The second-order valence-corrected chi connectivity index (χ2v) is 6.43. The first-order valence-electron chi connectivity index (χ1n) is 8.63. The second kappa shape index (κ2) is 7.07. The second-order valence-electron chi connectivity index (χ2n) is 6.43. The topological polar surface area (TPSA) is 60.9 Å². The van der Waals surface area contributed by atoms with Gasteiger partial charge in [0.25, 0.3) is 0 Å². The third-order valence-electron chi connectivity index (χ3n) is 4.44. The van der Waals surface area contributed by atoms with Gasteiger partial charge in [-0.15, -0.1) is 0 Å². The lowest BCUT2D eigenvalue weighted by Crippen LogP contribution is -2.29. The summed E-state index contributed by atoms with van der Waals surface area (Å²) in [4.78, 5) is 18.5. The average Bonchev–Trinajstić information content (AvgIpc) is 3.30. The Bertz CT molecular complexity index is 832. The summed E-state index contributed by atoms with van der Waals surface area (Å²) in [6.45, 7) is 3.48. The smallest absolute Gasteiger partial charge is 0.246 e. The van der Waals surface area contributed by atoms with Gasteiger partial charge in [0, 0.05) is 31.3 Å². The van der Waals surface area contributed by atoms with Crippen molar-refractivity contribution in [3.63, 3.8) is 0 Å². The summed E-state index contributed by atoms with van der Waals surface area (Å²) >= 11 is 0. The molecule has 3 heterocycles. The molecule has 1 unspecified atom stereocenters. The van der Waals surface area contributed by atoms with Crippen LogP contribution in [0.3, 0.4) is 0 Å². The molecule has 6 heteroatoms. The molecule has 1 saturated heterocycles. The molecule has 26 heavy (non-hydrogen) atoms. The van der Waals surface area contributed by atoms with Crippen molar-refractivity contribution in [2.75, 3.05) is 19.9 Å². The van der Waals surface area contributed by atoms with Gasteiger partial charge in [-0.3, -0.25) is 4.79 Å². The highest BCUT2D eigenvalue weighted by Gasteiger charge is 2.26. The summed E-state index contributed by atoms with van der Waals surface area (Å²) in [6.07, 6.45) is 5.94. The summed E-state index contributed by atoms with van der Waals surface area (Å²) in [5.74, 6) is 2.02. The molecular formula is C20H20N2O4. The molecule has 0 aliphatic carbocycles. The van der Waals surface area contributed by atoms with Crippen molar-refractivity contribution in [1.82, 2.24) is 9.88 Å². The Labute approximate surface area is 152 Å². The van der Waals surface area contributed by atoms with E-state index in [1.54, 1.807) is 23.2 Å². The standard InChI is InChI=1S/C20H20N2O4/c1-14-2-6-19(21-11-14)26-16-8-9-22(12-16)20(23)7-4-15-3-5-17-18(10-15)25-13-24-17/h2-7,10-11,16H,8-9,12-13H2,1H3/b7-4+. The van der Waals surface area contributed by atoms with E-state index in [9.17, 15) is 4.79 Å². The van der Waals surface area contributed by atoms with Gasteiger partial charge in [-0.2, -0.15) is 0 Å². The maximum atomic E-state index is 12.4. The average molecular weight is 352 g/mol. The van der Waals surface area contributed by atoms with E-state index in [1.807, 2.05) is 37.3 Å². The number of carbonyl (C=O) groups excluding carboxylic acids is 1. The molecule has 1 aromatic carbocycles. The minimum absolute atomic E-state index is 0.0203. The zero-order chi connectivity index (χ0) is 17.9. The number of hydrogen-bond acceptors (Lipinski definition) is 5. The van der Waals surface area contributed by atoms with Crippen LogP contribution in [0, 0.1) is 6.92 Å². The van der Waals surface area contributed by atoms with Crippen LogP contribution in [0.15, 0.2) is 42.6 Å². The molecule has 1 atom stereocenters. The molecule has 0 saturated carbocycles. The first-order chi connectivity index (χ1) is 12.7. The maximum Gasteiger partial charge on any atom is 0.246 e. The number of nitrogens with zero attached hydrogens (tertiary/aromatic N) is 2. The molecule has 2 aliphatic heterocycles. The molecule has 2 aliphatic rings. The number of hydrogen-bond donors (Lipinski definition) is 0. The predicted molar refractivity (Wildman–Crippen MR) is 96.2 cm³/mol. The minimum Gasteiger partial charge on any atom is -0.472 e. The van der Waals surface area contributed by atoms with Gasteiger partial charge in [0.1, 0.15) is 6.10 Å². The fraction of sp³-hybridized carbons (Fsp3) is 0.300. The lowest BCUT2D eigenvalue weighted by molar-refractivity contribution is -0.125. The predicted octanol–water partition coefficient (Wildman–Crippen LogP) is 2.81. The van der Waals surface area contributed by atoms with Gasteiger partial charge < -0.3 is 19.1 Å². The van der Waals surface area contributed by atoms with Crippen molar-refractivity contribution in [3.05, 3.63) is 53.7 Å². The Kier molecular flexibility index (Phi) is 4.48. The molecule has 0 spiro atoms. The van der Waals surface area contributed by atoms with Crippen LogP contribution in [-0.2, 0) is 4.79 Å². The van der Waals surface area contributed by atoms with Crippen LogP contribution >= 0.6 is 0 Å². The van der Waals surface area contributed by atoms with Crippen LogP contribution in [0.5, 0.6) is 17.4 Å². The van der Waals surface area contributed by atoms with Crippen LogP contribution in [0.1, 0.15) is 17.5 Å². The number of rotatable bonds is 4. The molecular weight excluding hydrogens is 332 g/mol. The molecule has 0 bridgehead atoms. The quantitative estimate of drug-likeness (QED) is 0.792. The van der Waals surface area contributed by atoms with Crippen molar-refractivity contribution >= 4 is 12.0 Å². The Balaban J connectivity index is 1.33. The zero-order valence-electron chi connectivity index (χ0n) is 14.6. The monoisotopic (exact) mass is 352 g/mol. The van der Waals surface area contributed by atoms with Crippen LogP contribution in [-0.4, -0.2) is 41.8 Å². The lowest BCUT2D eigenvalue weighted by atomic mass is 10.2. The molecule has 6 nitrogen and oxygen atoms in total. The Morgan fingerprint density at radius 3 is 3.00 bits per heavy atom. The van der Waals surface area contributed by atoms with Gasteiger partial charge in [0.2, 0.25) is 18.6 Å². The molecule has 1 aromatic heterocycles. The van der Waals surface area contributed by atoms with E-state index < -0.39 is 0 Å². The van der Waals surface area contributed by atoms with Crippen molar-refractivity contribution in [2.24, 2.45) is 0 Å². The van der Waals surface area contributed by atoms with E-state index in [4.69, 9.17) is 14.2 Å². The van der Waals surface area contributed by atoms with Crippen LogP contribution in [0.4, 0.5) is 0 Å². The first-order valence-corrected chi connectivity index (χ1v) is 8.63. The number of aromatic nitrogens is 1. The van der Waals surface area contributed by atoms with E-state index in [2.05, 4.69) is 4.98 Å². The van der Waals surface area contributed by atoms with Crippen LogP contribution in [0.2, 0.25) is 0 Å². The SMILES string of the molecule is Cc1ccc(OC2CCN(C(=O)/C=C/c3ccc4c(c3)OCO4)C2)nc1. The number of pyridine rings is 1. The van der Waals surface area contributed by atoms with Crippen LogP contribution < -0.4 is 14.2 Å². The largest absolute Gasteiger partial charge is 0.472 e. The highest BCUT2D eigenvalue weighted by Crippen LogP contribution is 2.32. The number of fused-ring (bicyclic) bond motifs is 1. The van der Waals surface area contributed by atoms with E-state index in [0.29, 0.717) is 24.7 Å². The third kappa shape index (κ3) is 3.64. The van der Waals surface area contributed by atoms with Crippen molar-refractivity contribution in [3.8, 4) is 17.4 Å². The number of aryl methyl sites for hydroxylation is 1. The highest BCUT2D eigenvalue weighted by atomic mass is 16.7. The number of ether oxygens (including phenoxy) is 3. The molecule has 0 radical (unpaired) electrons. The highest BCUT2D eigenvalue weighted by molar-refractivity contribution is 5.92. The number of likely N-dealkylation sites (tertiary alicyclic amines) is 1. The summed E-state index contributed by atoms with van der Waals surface area (Å²) in [7, 11) is 0. The molecule has 2 aromatic rings. The lowest BCUT2D eigenvalue weighted by Gasteiger charge is -2.15. The van der Waals surface area contributed by atoms with Gasteiger partial charge >= 0.3 is 0 Å². The van der Waals surface area contributed by atoms with E-state index in [0.717, 1.165) is 23.3 Å². The van der Waals surface area contributed by atoms with E-state index >= 15 is 0 Å². The summed E-state index contributed by atoms with van der Waals surface area (Å²) < 4.78 is 16.5. The molecule has 4 rings (SSSR count). The molecule has 1 amide bonds. The first kappa shape index (κ1) is 16.4. The van der Waals surface area contributed by atoms with Crippen LogP contribution in [0.25, 0.3) is 6.08 Å². The minimum atomic E-state index is -0.0226. The van der Waals surface area contributed by atoms with Gasteiger partial charge in [-0.05, 0) is 36.3 Å². The zero-order valence-corrected chi connectivity index (χ0v) is 14.6. The van der Waals surface area contributed by atoms with Crippen molar-refractivity contribution < 1.29 is 19.0 Å². The fourth-order valence-electron chi connectivity index (χ4n) is 3.01. The summed E-state index contributed by atoms with van der Waals surface area (Å²) in [5.41, 5.74) is 1.99. The van der Waals surface area contributed by atoms with E-state index in [1.165, 1.54) is 0 Å². The molecule has 134 valence electrons. The van der Waals surface area contributed by atoms with Gasteiger partial charge in [-0.25, -0.2) is 4.98 Å². The fourth-order valence-corrected chi connectivity index (χ4v) is 3.01. The summed E-state index contributed by atoms with van der Waals surface area (Å²) in [5, 5.41) is 0. The van der Waals surface area contributed by atoms with Crippen molar-refractivity contribution in [1.29, 1.82) is 0 Å². The number of amides is 1. The van der Waals surface area contributed by atoms with E-state index in [-0.39, 0.29) is 18.8 Å². The molecule has 0 N–H and O–H groups in total. The van der Waals surface area contributed by atoms with Gasteiger partial charge in [-0.1, -0.05) is 12.1 Å². The number of benzene rings is 1. The molecule has 1 fully saturated rings. The van der Waals surface area contributed by atoms with Crippen molar-refractivity contribution in [2.45, 2.75) is 19.4 Å². The van der Waals surface area contributed by atoms with Gasteiger partial charge in [0.15, 0.2) is 11.5 Å².